The third-order valence-corrected chi connectivity index (χ3v) is 2.47. The smallest absolute Gasteiger partial charge is 0.0674 e. The van der Waals surface area contributed by atoms with Gasteiger partial charge in [0, 0.05) is 25.7 Å². The first kappa shape index (κ1) is 9.96. The van der Waals surface area contributed by atoms with E-state index in [4.69, 9.17) is 10.5 Å². The summed E-state index contributed by atoms with van der Waals surface area (Å²) in [4.78, 5) is 2.44. The Morgan fingerprint density at radius 3 is 2.92 bits per heavy atom. The van der Waals surface area contributed by atoms with Crippen LogP contribution < -0.4 is 5.73 Å². The second-order valence-corrected chi connectivity index (χ2v) is 3.49. The first-order chi connectivity index (χ1) is 5.77. The molecular weight excluding hydrogens is 152 g/mol. The van der Waals surface area contributed by atoms with Crippen molar-refractivity contribution in [1.82, 2.24) is 4.90 Å². The zero-order valence-corrected chi connectivity index (χ0v) is 8.12. The largest absolute Gasteiger partial charge is 0.376 e. The van der Waals surface area contributed by atoms with Gasteiger partial charge in [0.05, 0.1) is 12.7 Å². The van der Waals surface area contributed by atoms with Gasteiger partial charge in [-0.25, -0.2) is 0 Å². The number of ether oxygens (including phenoxy) is 1. The Morgan fingerprint density at radius 1 is 1.58 bits per heavy atom. The fourth-order valence-corrected chi connectivity index (χ4v) is 1.73. The molecule has 1 aliphatic heterocycles. The predicted octanol–water partition coefficient (Wildman–Crippen LogP) is 0.444. The predicted molar refractivity (Wildman–Crippen MR) is 50.1 cm³/mol. The summed E-state index contributed by atoms with van der Waals surface area (Å²) in [6.07, 6.45) is 1.53. The number of rotatable bonds is 3. The highest BCUT2D eigenvalue weighted by Gasteiger charge is 2.24. The fraction of sp³-hybridized carbons (Fsp3) is 1.00. The molecule has 0 saturated carbocycles. The van der Waals surface area contributed by atoms with Gasteiger partial charge in [0.1, 0.15) is 0 Å². The van der Waals surface area contributed by atoms with Gasteiger partial charge >= 0.3 is 0 Å². The molecule has 0 aromatic carbocycles. The van der Waals surface area contributed by atoms with Crippen LogP contribution in [-0.2, 0) is 4.74 Å². The van der Waals surface area contributed by atoms with Crippen LogP contribution in [0.3, 0.4) is 0 Å². The summed E-state index contributed by atoms with van der Waals surface area (Å²) >= 11 is 0. The minimum Gasteiger partial charge on any atom is -0.376 e. The van der Waals surface area contributed by atoms with Gasteiger partial charge in [-0.15, -0.1) is 0 Å². The van der Waals surface area contributed by atoms with Crippen LogP contribution in [0.5, 0.6) is 0 Å². The van der Waals surface area contributed by atoms with Gasteiger partial charge in [0.15, 0.2) is 0 Å². The van der Waals surface area contributed by atoms with Crippen molar-refractivity contribution in [1.29, 1.82) is 0 Å². The summed E-state index contributed by atoms with van der Waals surface area (Å²) in [5.41, 5.74) is 5.54. The lowest BCUT2D eigenvalue weighted by Gasteiger charge is -2.37. The molecule has 2 atom stereocenters. The van der Waals surface area contributed by atoms with Crippen LogP contribution in [0.4, 0.5) is 0 Å². The molecule has 0 unspecified atom stereocenters. The van der Waals surface area contributed by atoms with Gasteiger partial charge in [0.25, 0.3) is 0 Å². The maximum atomic E-state index is 5.58. The third-order valence-electron chi connectivity index (χ3n) is 2.47. The maximum absolute atomic E-state index is 5.58. The van der Waals surface area contributed by atoms with Crippen molar-refractivity contribution in [3.8, 4) is 0 Å². The Hall–Kier alpha value is -0.120. The molecular formula is C9H20N2O. The van der Waals surface area contributed by atoms with Crippen molar-refractivity contribution in [2.45, 2.75) is 32.4 Å². The van der Waals surface area contributed by atoms with Gasteiger partial charge in [-0.2, -0.15) is 0 Å². The monoisotopic (exact) mass is 172 g/mol. The van der Waals surface area contributed by atoms with Crippen molar-refractivity contribution < 1.29 is 4.74 Å². The van der Waals surface area contributed by atoms with Crippen molar-refractivity contribution >= 4 is 0 Å². The summed E-state index contributed by atoms with van der Waals surface area (Å²) in [6.45, 7) is 7.99. The molecule has 1 heterocycles. The summed E-state index contributed by atoms with van der Waals surface area (Å²) in [6, 6.07) is 0.588. The van der Waals surface area contributed by atoms with E-state index in [9.17, 15) is 0 Å². The van der Waals surface area contributed by atoms with Crippen LogP contribution in [0.1, 0.15) is 20.3 Å². The van der Waals surface area contributed by atoms with E-state index >= 15 is 0 Å². The Bertz CT molecular complexity index is 130. The van der Waals surface area contributed by atoms with Gasteiger partial charge in [0.2, 0.25) is 0 Å². The van der Waals surface area contributed by atoms with Crippen LogP contribution in [-0.4, -0.2) is 43.3 Å². The minimum atomic E-state index is 0.374. The molecule has 1 saturated heterocycles. The SMILES string of the molecule is CC[C@H]1CO[C@H](C)CN1CCN. The second-order valence-electron chi connectivity index (χ2n) is 3.49. The molecule has 0 aliphatic carbocycles. The molecule has 0 amide bonds. The number of hydrogen-bond donors (Lipinski definition) is 1. The van der Waals surface area contributed by atoms with E-state index in [1.54, 1.807) is 0 Å². The summed E-state index contributed by atoms with van der Waals surface area (Å²) < 4.78 is 5.58. The highest BCUT2D eigenvalue weighted by Crippen LogP contribution is 2.13. The molecule has 1 aliphatic rings. The van der Waals surface area contributed by atoms with Crippen LogP contribution in [0, 0.1) is 0 Å². The van der Waals surface area contributed by atoms with Crippen molar-refractivity contribution in [2.75, 3.05) is 26.2 Å². The molecule has 2 N–H and O–H groups in total. The Labute approximate surface area is 74.9 Å². The lowest BCUT2D eigenvalue weighted by Crippen LogP contribution is -2.50. The standard InChI is InChI=1S/C9H20N2O/c1-3-9-7-12-8(2)6-11(9)5-4-10/h8-9H,3-7,10H2,1-2H3/t8-,9+/m1/s1. The molecule has 3 heteroatoms. The lowest BCUT2D eigenvalue weighted by molar-refractivity contribution is -0.0544. The van der Waals surface area contributed by atoms with E-state index in [2.05, 4.69) is 18.7 Å². The average Bonchev–Trinajstić information content (AvgIpc) is 2.05. The molecule has 1 rings (SSSR count). The van der Waals surface area contributed by atoms with Crippen molar-refractivity contribution in [3.63, 3.8) is 0 Å². The molecule has 12 heavy (non-hydrogen) atoms. The normalized spacial score (nSPS) is 32.2. The van der Waals surface area contributed by atoms with Crippen LogP contribution >= 0.6 is 0 Å². The number of nitrogens with zero attached hydrogens (tertiary/aromatic N) is 1. The van der Waals surface area contributed by atoms with Crippen LogP contribution in [0.2, 0.25) is 0 Å². The topological polar surface area (TPSA) is 38.5 Å². The molecule has 0 spiro atoms. The number of hydrogen-bond acceptors (Lipinski definition) is 3. The Morgan fingerprint density at radius 2 is 2.33 bits per heavy atom. The third kappa shape index (κ3) is 2.44. The Kier molecular flexibility index (Phi) is 3.98. The summed E-state index contributed by atoms with van der Waals surface area (Å²) in [5, 5.41) is 0. The van der Waals surface area contributed by atoms with Gasteiger partial charge < -0.3 is 10.5 Å². The maximum Gasteiger partial charge on any atom is 0.0674 e. The van der Waals surface area contributed by atoms with Gasteiger partial charge in [-0.3, -0.25) is 4.90 Å². The van der Waals surface area contributed by atoms with E-state index in [1.165, 1.54) is 0 Å². The summed E-state index contributed by atoms with van der Waals surface area (Å²) in [5.74, 6) is 0. The first-order valence-electron chi connectivity index (χ1n) is 4.83. The van der Waals surface area contributed by atoms with Crippen LogP contribution in [0.15, 0.2) is 0 Å². The van der Waals surface area contributed by atoms with E-state index < -0.39 is 0 Å². The number of morpholine rings is 1. The molecule has 1 fully saturated rings. The molecule has 0 aromatic rings. The number of nitrogens with two attached hydrogens (primary N) is 1. The van der Waals surface area contributed by atoms with Crippen molar-refractivity contribution in [3.05, 3.63) is 0 Å². The summed E-state index contributed by atoms with van der Waals surface area (Å²) in [7, 11) is 0. The fourth-order valence-electron chi connectivity index (χ4n) is 1.73. The first-order valence-corrected chi connectivity index (χ1v) is 4.83. The quantitative estimate of drug-likeness (QED) is 0.671. The van der Waals surface area contributed by atoms with E-state index in [0.29, 0.717) is 12.1 Å². The molecule has 3 nitrogen and oxygen atoms in total. The molecule has 0 aromatic heterocycles. The lowest BCUT2D eigenvalue weighted by atomic mass is 10.1. The molecule has 0 bridgehead atoms. The highest BCUT2D eigenvalue weighted by atomic mass is 16.5. The average molecular weight is 172 g/mol. The Balaban J connectivity index is 2.40. The second kappa shape index (κ2) is 4.80. The minimum absolute atomic E-state index is 0.374. The molecule has 72 valence electrons. The van der Waals surface area contributed by atoms with Gasteiger partial charge in [-0.1, -0.05) is 6.92 Å². The molecule has 0 radical (unpaired) electrons. The van der Waals surface area contributed by atoms with E-state index in [0.717, 1.165) is 32.7 Å². The van der Waals surface area contributed by atoms with Crippen LogP contribution in [0.25, 0.3) is 0 Å². The van der Waals surface area contributed by atoms with Crippen molar-refractivity contribution in [2.24, 2.45) is 5.73 Å². The zero-order chi connectivity index (χ0) is 8.97. The van der Waals surface area contributed by atoms with Gasteiger partial charge in [-0.05, 0) is 13.3 Å². The zero-order valence-electron chi connectivity index (χ0n) is 8.12. The highest BCUT2D eigenvalue weighted by molar-refractivity contribution is 4.77. The van der Waals surface area contributed by atoms with E-state index in [-0.39, 0.29) is 0 Å². The van der Waals surface area contributed by atoms with E-state index in [1.807, 2.05) is 0 Å².